The molecule has 0 radical (unpaired) electrons. The Bertz CT molecular complexity index is 1160. The van der Waals surface area contributed by atoms with Crippen molar-refractivity contribution in [1.29, 1.82) is 0 Å². The number of amides is 1. The topological polar surface area (TPSA) is 78.5 Å². The quantitative estimate of drug-likeness (QED) is 0.451. The fraction of sp³-hybridized carbons (Fsp3) is 0.167. The van der Waals surface area contributed by atoms with Crippen molar-refractivity contribution < 1.29 is 18.7 Å². The van der Waals surface area contributed by atoms with Crippen molar-refractivity contribution in [2.75, 3.05) is 12.4 Å². The Morgan fingerprint density at radius 1 is 1.03 bits per heavy atom. The molecule has 0 fully saturated rings. The van der Waals surface area contributed by atoms with Crippen LogP contribution in [0.2, 0.25) is 0 Å². The maximum Gasteiger partial charge on any atom is 0.292 e. The van der Waals surface area contributed by atoms with E-state index in [1.54, 1.807) is 25.3 Å². The van der Waals surface area contributed by atoms with Gasteiger partial charge in [-0.3, -0.25) is 9.48 Å². The fourth-order valence-electron chi connectivity index (χ4n) is 3.09. The summed E-state index contributed by atoms with van der Waals surface area (Å²) >= 11 is 0. The van der Waals surface area contributed by atoms with E-state index in [1.165, 1.54) is 0 Å². The highest BCUT2D eigenvalue weighted by Crippen LogP contribution is 2.21. The predicted molar refractivity (Wildman–Crippen MR) is 116 cm³/mol. The first kappa shape index (κ1) is 20.3. The summed E-state index contributed by atoms with van der Waals surface area (Å²) in [6, 6.07) is 22.5. The van der Waals surface area contributed by atoms with Crippen LogP contribution in [0.15, 0.2) is 77.2 Å². The van der Waals surface area contributed by atoms with E-state index >= 15 is 0 Å². The van der Waals surface area contributed by atoms with Gasteiger partial charge >= 0.3 is 0 Å². The van der Waals surface area contributed by atoms with Gasteiger partial charge in [0.1, 0.15) is 23.9 Å². The molecule has 158 valence electrons. The van der Waals surface area contributed by atoms with Crippen LogP contribution in [0.5, 0.6) is 11.5 Å². The van der Waals surface area contributed by atoms with Gasteiger partial charge in [0.25, 0.3) is 5.91 Å². The molecular weight excluding hydrogens is 394 g/mol. The maximum atomic E-state index is 12.6. The number of aromatic nitrogens is 2. The summed E-state index contributed by atoms with van der Waals surface area (Å²) in [5.74, 6) is 2.21. The average molecular weight is 417 g/mol. The Balaban J connectivity index is 1.36. The summed E-state index contributed by atoms with van der Waals surface area (Å²) in [5.41, 5.74) is 2.09. The molecule has 0 aliphatic carbocycles. The lowest BCUT2D eigenvalue weighted by molar-refractivity contribution is 0.0992. The summed E-state index contributed by atoms with van der Waals surface area (Å²) in [6.45, 7) is 2.78. The van der Waals surface area contributed by atoms with Gasteiger partial charge in [0.15, 0.2) is 11.6 Å². The Labute approximate surface area is 180 Å². The number of aryl methyl sites for hydroxylation is 1. The summed E-state index contributed by atoms with van der Waals surface area (Å²) < 4.78 is 18.4. The number of methoxy groups -OCH3 is 1. The van der Waals surface area contributed by atoms with Gasteiger partial charge in [0, 0.05) is 17.8 Å². The van der Waals surface area contributed by atoms with Gasteiger partial charge in [-0.15, -0.1) is 0 Å². The summed E-state index contributed by atoms with van der Waals surface area (Å²) in [5, 5.41) is 7.26. The van der Waals surface area contributed by atoms with E-state index in [0.29, 0.717) is 29.6 Å². The molecule has 0 spiro atoms. The summed E-state index contributed by atoms with van der Waals surface area (Å²) in [7, 11) is 1.60. The zero-order valence-electron chi connectivity index (χ0n) is 17.4. The fourth-order valence-corrected chi connectivity index (χ4v) is 3.09. The third-order valence-corrected chi connectivity index (χ3v) is 4.71. The molecular formula is C24H23N3O4. The van der Waals surface area contributed by atoms with Crippen molar-refractivity contribution in [3.8, 4) is 11.5 Å². The third-order valence-electron chi connectivity index (χ3n) is 4.71. The number of nitrogens with one attached hydrogen (secondary N) is 1. The molecule has 0 saturated heterocycles. The van der Waals surface area contributed by atoms with Crippen LogP contribution in [-0.2, 0) is 13.2 Å². The highest BCUT2D eigenvalue weighted by atomic mass is 16.5. The molecule has 0 bridgehead atoms. The molecule has 4 aromatic rings. The Hall–Kier alpha value is -4.00. The monoisotopic (exact) mass is 417 g/mol. The molecule has 0 unspecified atom stereocenters. The zero-order valence-corrected chi connectivity index (χ0v) is 17.4. The van der Waals surface area contributed by atoms with E-state index < -0.39 is 0 Å². The van der Waals surface area contributed by atoms with Gasteiger partial charge in [-0.05, 0) is 36.8 Å². The van der Waals surface area contributed by atoms with Gasteiger partial charge in [-0.2, -0.15) is 5.10 Å². The van der Waals surface area contributed by atoms with Crippen LogP contribution in [0.1, 0.15) is 27.6 Å². The summed E-state index contributed by atoms with van der Waals surface area (Å²) in [4.78, 5) is 12.6. The molecule has 2 heterocycles. The highest BCUT2D eigenvalue weighted by molar-refractivity contribution is 6.01. The Kier molecular flexibility index (Phi) is 6.03. The van der Waals surface area contributed by atoms with Crippen molar-refractivity contribution in [2.45, 2.75) is 20.1 Å². The molecule has 2 aromatic heterocycles. The standard InChI is InChI=1S/C24H23N3O4/c1-17-13-23(26-27(17)15-18-7-4-3-5-8-18)25-24(28)22-12-11-21(31-22)16-30-20-10-6-9-19(14-20)29-2/h3-14H,15-16H2,1-2H3,(H,25,26,28). The second-order valence-corrected chi connectivity index (χ2v) is 7.00. The second kappa shape index (κ2) is 9.21. The Morgan fingerprint density at radius 2 is 1.84 bits per heavy atom. The molecule has 1 N–H and O–H groups in total. The van der Waals surface area contributed by atoms with Crippen molar-refractivity contribution in [1.82, 2.24) is 9.78 Å². The maximum absolute atomic E-state index is 12.6. The largest absolute Gasteiger partial charge is 0.497 e. The van der Waals surface area contributed by atoms with E-state index in [0.717, 1.165) is 11.3 Å². The number of hydrogen-bond donors (Lipinski definition) is 1. The number of carbonyl (C=O) groups is 1. The lowest BCUT2D eigenvalue weighted by Crippen LogP contribution is -2.12. The summed E-state index contributed by atoms with van der Waals surface area (Å²) in [6.07, 6.45) is 0. The molecule has 31 heavy (non-hydrogen) atoms. The molecule has 0 saturated carbocycles. The molecule has 2 aromatic carbocycles. The minimum Gasteiger partial charge on any atom is -0.497 e. The smallest absolute Gasteiger partial charge is 0.292 e. The predicted octanol–water partition coefficient (Wildman–Crippen LogP) is 4.67. The van der Waals surface area contributed by atoms with Gasteiger partial charge in [0.05, 0.1) is 13.7 Å². The number of nitrogens with zero attached hydrogens (tertiary/aromatic N) is 2. The first-order valence-electron chi connectivity index (χ1n) is 9.86. The molecule has 1 amide bonds. The van der Waals surface area contributed by atoms with Crippen LogP contribution in [0.3, 0.4) is 0 Å². The van der Waals surface area contributed by atoms with Crippen molar-refractivity contribution >= 4 is 11.7 Å². The third kappa shape index (κ3) is 5.14. The first-order valence-corrected chi connectivity index (χ1v) is 9.86. The number of furan rings is 1. The van der Waals surface area contributed by atoms with Crippen LogP contribution < -0.4 is 14.8 Å². The normalized spacial score (nSPS) is 10.6. The van der Waals surface area contributed by atoms with E-state index in [2.05, 4.69) is 10.4 Å². The van der Waals surface area contributed by atoms with Gasteiger partial charge in [0.2, 0.25) is 0 Å². The van der Waals surface area contributed by atoms with Crippen LogP contribution in [0.4, 0.5) is 5.82 Å². The molecule has 7 heteroatoms. The van der Waals surface area contributed by atoms with E-state index in [9.17, 15) is 4.79 Å². The van der Waals surface area contributed by atoms with Crippen molar-refractivity contribution in [3.63, 3.8) is 0 Å². The van der Waals surface area contributed by atoms with E-state index in [1.807, 2.05) is 66.2 Å². The molecule has 0 aliphatic rings. The first-order chi connectivity index (χ1) is 15.1. The lowest BCUT2D eigenvalue weighted by atomic mass is 10.2. The Morgan fingerprint density at radius 3 is 2.65 bits per heavy atom. The SMILES string of the molecule is COc1cccc(OCc2ccc(C(=O)Nc3cc(C)n(Cc4ccccc4)n3)o2)c1. The van der Waals surface area contributed by atoms with Crippen LogP contribution in [-0.4, -0.2) is 22.8 Å². The highest BCUT2D eigenvalue weighted by Gasteiger charge is 2.14. The van der Waals surface area contributed by atoms with Gasteiger partial charge in [-0.25, -0.2) is 0 Å². The number of ether oxygens (including phenoxy) is 2. The van der Waals surface area contributed by atoms with E-state index in [4.69, 9.17) is 13.9 Å². The lowest BCUT2D eigenvalue weighted by Gasteiger charge is -2.06. The molecule has 7 nitrogen and oxygen atoms in total. The van der Waals surface area contributed by atoms with Crippen LogP contribution in [0.25, 0.3) is 0 Å². The van der Waals surface area contributed by atoms with Crippen molar-refractivity contribution in [2.24, 2.45) is 0 Å². The number of rotatable bonds is 8. The number of benzene rings is 2. The minimum atomic E-state index is -0.364. The second-order valence-electron chi connectivity index (χ2n) is 7.00. The number of anilines is 1. The van der Waals surface area contributed by atoms with Crippen molar-refractivity contribution in [3.05, 3.63) is 95.6 Å². The number of hydrogen-bond acceptors (Lipinski definition) is 5. The van der Waals surface area contributed by atoms with Gasteiger partial charge < -0.3 is 19.2 Å². The van der Waals surface area contributed by atoms with Crippen LogP contribution in [0, 0.1) is 6.92 Å². The number of carbonyl (C=O) groups excluding carboxylic acids is 1. The zero-order chi connectivity index (χ0) is 21.6. The molecule has 0 atom stereocenters. The van der Waals surface area contributed by atoms with Crippen LogP contribution >= 0.6 is 0 Å². The molecule has 0 aliphatic heterocycles. The average Bonchev–Trinajstić information content (AvgIpc) is 3.40. The van der Waals surface area contributed by atoms with E-state index in [-0.39, 0.29) is 18.3 Å². The van der Waals surface area contributed by atoms with Gasteiger partial charge in [-0.1, -0.05) is 36.4 Å². The minimum absolute atomic E-state index is 0.194. The molecule has 4 rings (SSSR count).